The number of ether oxygens (including phenoxy) is 2. The van der Waals surface area contributed by atoms with Gasteiger partial charge in [-0.1, -0.05) is 24.3 Å². The highest BCUT2D eigenvalue weighted by Crippen LogP contribution is 2.33. The maximum Gasteiger partial charge on any atom is 0.294 e. The van der Waals surface area contributed by atoms with Crippen LogP contribution in [0.5, 0.6) is 5.75 Å². The van der Waals surface area contributed by atoms with Crippen molar-refractivity contribution in [3.63, 3.8) is 0 Å². The van der Waals surface area contributed by atoms with Crippen molar-refractivity contribution in [2.75, 3.05) is 32.8 Å². The normalized spacial score (nSPS) is 17.2. The molecule has 0 N–H and O–H groups in total. The summed E-state index contributed by atoms with van der Waals surface area (Å²) in [5, 5.41) is 8.76. The van der Waals surface area contributed by atoms with E-state index in [0.717, 1.165) is 31.4 Å². The molecule has 0 aliphatic carbocycles. The largest absolute Gasteiger partial charge is 0.488 e. The summed E-state index contributed by atoms with van der Waals surface area (Å²) in [4.78, 5) is 40.5. The van der Waals surface area contributed by atoms with Gasteiger partial charge >= 0.3 is 0 Å². The highest BCUT2D eigenvalue weighted by molar-refractivity contribution is 14.1. The van der Waals surface area contributed by atoms with Crippen molar-refractivity contribution in [1.29, 1.82) is 5.26 Å². The first-order chi connectivity index (χ1) is 16.5. The fourth-order valence-electron chi connectivity index (χ4n) is 3.47. The van der Waals surface area contributed by atoms with Gasteiger partial charge < -0.3 is 14.4 Å². The number of imide groups is 1. The van der Waals surface area contributed by atoms with E-state index in [-0.39, 0.29) is 24.0 Å². The topological polar surface area (TPSA) is 99.9 Å². The van der Waals surface area contributed by atoms with E-state index < -0.39 is 11.1 Å². The van der Waals surface area contributed by atoms with Crippen LogP contribution in [-0.4, -0.2) is 59.7 Å². The molecule has 174 valence electrons. The van der Waals surface area contributed by atoms with Gasteiger partial charge in [0.2, 0.25) is 5.91 Å². The molecule has 3 amide bonds. The standard InChI is InChI=1S/C24H20IN3O5S/c25-19-11-16(5-6-20(19)33-15-18-4-2-1-3-17(18)13-26)12-21-23(30)28(24(31)34-21)14-22(29)27-7-9-32-10-8-27/h1-6,11-12H,7-10,14-15H2/b21-12+. The van der Waals surface area contributed by atoms with Gasteiger partial charge in [0.15, 0.2) is 0 Å². The second kappa shape index (κ2) is 11.0. The summed E-state index contributed by atoms with van der Waals surface area (Å²) < 4.78 is 11.9. The molecular formula is C24H20IN3O5S. The third-order valence-corrected chi connectivity index (χ3v) is 7.06. The Morgan fingerprint density at radius 3 is 2.71 bits per heavy atom. The fourth-order valence-corrected chi connectivity index (χ4v) is 5.00. The predicted molar refractivity (Wildman–Crippen MR) is 135 cm³/mol. The number of morpholine rings is 1. The van der Waals surface area contributed by atoms with E-state index in [9.17, 15) is 19.6 Å². The molecule has 0 spiro atoms. The molecule has 0 radical (unpaired) electrons. The zero-order valence-corrected chi connectivity index (χ0v) is 21.0. The Morgan fingerprint density at radius 2 is 1.97 bits per heavy atom. The van der Waals surface area contributed by atoms with Crippen LogP contribution in [0.3, 0.4) is 0 Å². The SMILES string of the molecule is N#Cc1ccccc1COc1ccc(/C=C2/SC(=O)N(CC(=O)N3CCOCC3)C2=O)cc1I. The first kappa shape index (κ1) is 24.3. The smallest absolute Gasteiger partial charge is 0.294 e. The second-order valence-corrected chi connectivity index (χ2v) is 9.66. The minimum absolute atomic E-state index is 0.259. The lowest BCUT2D eigenvalue weighted by Gasteiger charge is -2.28. The van der Waals surface area contributed by atoms with Gasteiger partial charge in [0.1, 0.15) is 18.9 Å². The molecule has 8 nitrogen and oxygen atoms in total. The Bertz CT molecular complexity index is 1200. The number of rotatable bonds is 6. The van der Waals surface area contributed by atoms with Gasteiger partial charge in [0.05, 0.1) is 33.3 Å². The fraction of sp³-hybridized carbons (Fsp3) is 0.250. The Balaban J connectivity index is 1.42. The number of hydrogen-bond donors (Lipinski definition) is 0. The lowest BCUT2D eigenvalue weighted by atomic mass is 10.1. The van der Waals surface area contributed by atoms with Crippen LogP contribution in [0.15, 0.2) is 47.4 Å². The first-order valence-electron chi connectivity index (χ1n) is 10.5. The molecule has 0 saturated carbocycles. The van der Waals surface area contributed by atoms with Gasteiger partial charge in [-0.15, -0.1) is 0 Å². The summed E-state index contributed by atoms with van der Waals surface area (Å²) in [5.41, 5.74) is 2.10. The van der Waals surface area contributed by atoms with Crippen LogP contribution in [0.25, 0.3) is 6.08 Å². The number of thioether (sulfide) groups is 1. The highest BCUT2D eigenvalue weighted by atomic mass is 127. The Hall–Kier alpha value is -2.88. The number of carbonyl (C=O) groups is 3. The lowest BCUT2D eigenvalue weighted by Crippen LogP contribution is -2.46. The number of hydrogen-bond acceptors (Lipinski definition) is 7. The minimum atomic E-state index is -0.472. The van der Waals surface area contributed by atoms with Crippen molar-refractivity contribution in [2.45, 2.75) is 6.61 Å². The Morgan fingerprint density at radius 1 is 1.21 bits per heavy atom. The Labute approximate surface area is 214 Å². The molecule has 2 aromatic carbocycles. The third kappa shape index (κ3) is 5.60. The molecule has 2 aliphatic rings. The lowest BCUT2D eigenvalue weighted by molar-refractivity contribution is -0.139. The minimum Gasteiger partial charge on any atom is -0.488 e. The molecule has 10 heteroatoms. The highest BCUT2D eigenvalue weighted by Gasteiger charge is 2.37. The van der Waals surface area contributed by atoms with Gasteiger partial charge in [-0.3, -0.25) is 19.3 Å². The molecule has 2 aliphatic heterocycles. The maximum absolute atomic E-state index is 12.8. The number of amides is 3. The van der Waals surface area contributed by atoms with Gasteiger partial charge in [0, 0.05) is 18.7 Å². The first-order valence-corrected chi connectivity index (χ1v) is 12.4. The van der Waals surface area contributed by atoms with Crippen molar-refractivity contribution in [1.82, 2.24) is 9.80 Å². The average Bonchev–Trinajstić information content (AvgIpc) is 3.11. The van der Waals surface area contributed by atoms with E-state index >= 15 is 0 Å². The number of nitrogens with zero attached hydrogens (tertiary/aromatic N) is 3. The van der Waals surface area contributed by atoms with Gasteiger partial charge in [-0.2, -0.15) is 5.26 Å². The van der Waals surface area contributed by atoms with Gasteiger partial charge in [0.25, 0.3) is 11.1 Å². The molecule has 0 unspecified atom stereocenters. The van der Waals surface area contributed by atoms with Crippen LogP contribution < -0.4 is 4.74 Å². The number of nitriles is 1. The van der Waals surface area contributed by atoms with Crippen molar-refractivity contribution in [2.24, 2.45) is 0 Å². The van der Waals surface area contributed by atoms with Gasteiger partial charge in [-0.25, -0.2) is 0 Å². The van der Waals surface area contributed by atoms with E-state index in [0.29, 0.717) is 37.6 Å². The van der Waals surface area contributed by atoms with Crippen LogP contribution in [0.1, 0.15) is 16.7 Å². The van der Waals surface area contributed by atoms with Crippen LogP contribution in [-0.2, 0) is 20.9 Å². The van der Waals surface area contributed by atoms with Gasteiger partial charge in [-0.05, 0) is 64.2 Å². The van der Waals surface area contributed by atoms with Crippen LogP contribution >= 0.6 is 34.4 Å². The molecule has 0 atom stereocenters. The average molecular weight is 589 g/mol. The third-order valence-electron chi connectivity index (χ3n) is 5.31. The summed E-state index contributed by atoms with van der Waals surface area (Å²) >= 11 is 2.96. The van der Waals surface area contributed by atoms with Crippen LogP contribution in [0.4, 0.5) is 4.79 Å². The molecule has 2 heterocycles. The molecule has 4 rings (SSSR count). The molecule has 0 aromatic heterocycles. The van der Waals surface area contributed by atoms with Crippen LogP contribution in [0, 0.1) is 14.9 Å². The Kier molecular flexibility index (Phi) is 7.87. The van der Waals surface area contributed by atoms with E-state index in [4.69, 9.17) is 9.47 Å². The van der Waals surface area contributed by atoms with Crippen LogP contribution in [0.2, 0.25) is 0 Å². The monoisotopic (exact) mass is 589 g/mol. The van der Waals surface area contributed by atoms with Crippen molar-refractivity contribution < 1.29 is 23.9 Å². The molecule has 0 bridgehead atoms. The molecule has 34 heavy (non-hydrogen) atoms. The summed E-state index contributed by atoms with van der Waals surface area (Å²) in [6, 6.07) is 14.8. The summed E-state index contributed by atoms with van der Waals surface area (Å²) in [7, 11) is 0. The zero-order chi connectivity index (χ0) is 24.1. The molecular weight excluding hydrogens is 569 g/mol. The summed E-state index contributed by atoms with van der Waals surface area (Å²) in [5.74, 6) is -0.0874. The number of halogens is 1. The van der Waals surface area contributed by atoms with E-state index in [1.54, 1.807) is 35.2 Å². The molecule has 2 aromatic rings. The second-order valence-electron chi connectivity index (χ2n) is 7.51. The van der Waals surface area contributed by atoms with E-state index in [1.165, 1.54) is 0 Å². The molecule has 2 saturated heterocycles. The number of carbonyl (C=O) groups excluding carboxylic acids is 3. The summed E-state index contributed by atoms with van der Waals surface area (Å²) in [6.45, 7) is 1.82. The van der Waals surface area contributed by atoms with Crippen molar-refractivity contribution in [3.05, 3.63) is 67.6 Å². The van der Waals surface area contributed by atoms with E-state index in [1.807, 2.05) is 18.2 Å². The number of benzene rings is 2. The zero-order valence-electron chi connectivity index (χ0n) is 18.0. The maximum atomic E-state index is 12.8. The predicted octanol–water partition coefficient (Wildman–Crippen LogP) is 3.64. The molecule has 2 fully saturated rings. The van der Waals surface area contributed by atoms with Crippen molar-refractivity contribution >= 4 is 57.5 Å². The van der Waals surface area contributed by atoms with Crippen molar-refractivity contribution in [3.8, 4) is 11.8 Å². The quantitative estimate of drug-likeness (QED) is 0.375. The van der Waals surface area contributed by atoms with E-state index in [2.05, 4.69) is 28.7 Å². The summed E-state index contributed by atoms with van der Waals surface area (Å²) in [6.07, 6.45) is 1.64.